The molecule has 6 heteroatoms. The summed E-state index contributed by atoms with van der Waals surface area (Å²) in [6, 6.07) is 7.88. The van der Waals surface area contributed by atoms with Gasteiger partial charge in [0.25, 0.3) is 0 Å². The average Bonchev–Trinajstić information content (AvgIpc) is 2.96. The second-order valence-electron chi connectivity index (χ2n) is 3.94. The molecule has 0 bridgehead atoms. The lowest BCUT2D eigenvalue weighted by atomic mass is 10.3. The second-order valence-corrected chi connectivity index (χ2v) is 5.89. The van der Waals surface area contributed by atoms with E-state index in [9.17, 15) is 0 Å². The van der Waals surface area contributed by atoms with Gasteiger partial charge in [0, 0.05) is 10.3 Å². The predicted molar refractivity (Wildman–Crippen MR) is 81.1 cm³/mol. The van der Waals surface area contributed by atoms with Crippen LogP contribution in [0.3, 0.4) is 0 Å². The molecule has 2 aromatic heterocycles. The first-order valence-corrected chi connectivity index (χ1v) is 7.59. The molecule has 0 radical (unpaired) electrons. The van der Waals surface area contributed by atoms with Crippen LogP contribution in [0.15, 0.2) is 45.9 Å². The van der Waals surface area contributed by atoms with Gasteiger partial charge in [0.15, 0.2) is 11.5 Å². The van der Waals surface area contributed by atoms with Crippen molar-refractivity contribution in [3.05, 3.63) is 36.0 Å². The van der Waals surface area contributed by atoms with Gasteiger partial charge in [-0.1, -0.05) is 11.8 Å². The minimum absolute atomic E-state index is 0.716. The topological polar surface area (TPSA) is 44.2 Å². The van der Waals surface area contributed by atoms with Gasteiger partial charge in [-0.2, -0.15) is 0 Å². The third kappa shape index (κ3) is 2.44. The molecule has 0 spiro atoms. The van der Waals surface area contributed by atoms with E-state index in [1.165, 1.54) is 0 Å². The zero-order valence-corrected chi connectivity index (χ0v) is 12.6. The Morgan fingerprint density at radius 1 is 1.05 bits per heavy atom. The molecule has 0 atom stereocenters. The first kappa shape index (κ1) is 13.2. The zero-order valence-electron chi connectivity index (χ0n) is 11.0. The highest BCUT2D eigenvalue weighted by atomic mass is 32.2. The fourth-order valence-electron chi connectivity index (χ4n) is 1.84. The third-order valence-electron chi connectivity index (χ3n) is 2.79. The number of nitrogens with zero attached hydrogens (tertiary/aromatic N) is 2. The van der Waals surface area contributed by atoms with Crippen LogP contribution in [0.25, 0.3) is 10.2 Å². The number of methoxy groups -OCH3 is 2. The number of hydrogen-bond donors (Lipinski definition) is 0. The maximum atomic E-state index is 5.32. The van der Waals surface area contributed by atoms with Crippen LogP contribution in [0.2, 0.25) is 0 Å². The smallest absolute Gasteiger partial charge is 0.161 e. The van der Waals surface area contributed by atoms with Gasteiger partial charge in [0.1, 0.15) is 16.2 Å². The number of fused-ring (bicyclic) bond motifs is 1. The molecule has 4 nitrogen and oxygen atoms in total. The number of aromatic nitrogens is 2. The van der Waals surface area contributed by atoms with Crippen molar-refractivity contribution in [1.82, 2.24) is 9.97 Å². The Kier molecular flexibility index (Phi) is 3.75. The molecule has 0 saturated carbocycles. The molecule has 3 aromatic rings. The number of thiophene rings is 1. The Labute approximate surface area is 124 Å². The standard InChI is InChI=1S/C14H12N2O2S2/c1-17-11-4-3-9(7-12(11)18-2)20-14-10-5-6-19-13(10)15-8-16-14/h3-8H,1-2H3. The lowest BCUT2D eigenvalue weighted by Crippen LogP contribution is -1.90. The first-order valence-electron chi connectivity index (χ1n) is 5.90. The summed E-state index contributed by atoms with van der Waals surface area (Å²) >= 11 is 3.21. The van der Waals surface area contributed by atoms with Gasteiger partial charge >= 0.3 is 0 Å². The van der Waals surface area contributed by atoms with E-state index in [1.54, 1.807) is 43.6 Å². The molecular formula is C14H12N2O2S2. The van der Waals surface area contributed by atoms with Crippen molar-refractivity contribution in [2.24, 2.45) is 0 Å². The molecule has 0 aliphatic carbocycles. The van der Waals surface area contributed by atoms with E-state index in [4.69, 9.17) is 9.47 Å². The van der Waals surface area contributed by atoms with Gasteiger partial charge < -0.3 is 9.47 Å². The Balaban J connectivity index is 1.96. The van der Waals surface area contributed by atoms with Gasteiger partial charge in [0.05, 0.1) is 14.2 Å². The Hall–Kier alpha value is -1.79. The quantitative estimate of drug-likeness (QED) is 0.685. The molecule has 3 rings (SSSR count). The summed E-state index contributed by atoms with van der Waals surface area (Å²) in [6.45, 7) is 0. The summed E-state index contributed by atoms with van der Waals surface area (Å²) in [4.78, 5) is 10.7. The van der Waals surface area contributed by atoms with Gasteiger partial charge in [0.2, 0.25) is 0 Å². The zero-order chi connectivity index (χ0) is 13.9. The molecule has 20 heavy (non-hydrogen) atoms. The van der Waals surface area contributed by atoms with Crippen molar-refractivity contribution in [3.8, 4) is 11.5 Å². The normalized spacial score (nSPS) is 10.7. The van der Waals surface area contributed by atoms with Gasteiger partial charge in [-0.25, -0.2) is 9.97 Å². The molecule has 0 aliphatic rings. The predicted octanol–water partition coefficient (Wildman–Crippen LogP) is 3.86. The van der Waals surface area contributed by atoms with Crippen LogP contribution in [0.1, 0.15) is 0 Å². The van der Waals surface area contributed by atoms with Crippen molar-refractivity contribution in [3.63, 3.8) is 0 Å². The average molecular weight is 304 g/mol. The maximum Gasteiger partial charge on any atom is 0.161 e. The molecular weight excluding hydrogens is 292 g/mol. The number of rotatable bonds is 4. The maximum absolute atomic E-state index is 5.32. The fourth-order valence-corrected chi connectivity index (χ4v) is 3.54. The molecule has 0 fully saturated rings. The highest BCUT2D eigenvalue weighted by molar-refractivity contribution is 7.99. The van der Waals surface area contributed by atoms with E-state index in [0.29, 0.717) is 5.75 Å². The van der Waals surface area contributed by atoms with Crippen molar-refractivity contribution >= 4 is 33.3 Å². The molecule has 0 unspecified atom stereocenters. The van der Waals surface area contributed by atoms with Gasteiger partial charge in [-0.3, -0.25) is 0 Å². The molecule has 0 amide bonds. The van der Waals surface area contributed by atoms with Crippen LogP contribution in [0.5, 0.6) is 11.5 Å². The largest absolute Gasteiger partial charge is 0.493 e. The Morgan fingerprint density at radius 3 is 2.70 bits per heavy atom. The van der Waals surface area contributed by atoms with Crippen LogP contribution in [0.4, 0.5) is 0 Å². The van der Waals surface area contributed by atoms with Crippen molar-refractivity contribution in [2.75, 3.05) is 14.2 Å². The third-order valence-corrected chi connectivity index (χ3v) is 4.62. The van der Waals surface area contributed by atoms with Crippen molar-refractivity contribution < 1.29 is 9.47 Å². The van der Waals surface area contributed by atoms with E-state index in [-0.39, 0.29) is 0 Å². The first-order chi connectivity index (χ1) is 9.81. The summed E-state index contributed by atoms with van der Waals surface area (Å²) in [5.74, 6) is 1.44. The van der Waals surface area contributed by atoms with Gasteiger partial charge in [-0.05, 0) is 29.6 Å². The van der Waals surface area contributed by atoms with Crippen LogP contribution >= 0.6 is 23.1 Å². The lowest BCUT2D eigenvalue weighted by molar-refractivity contribution is 0.354. The van der Waals surface area contributed by atoms with E-state index in [1.807, 2.05) is 29.6 Å². The SMILES string of the molecule is COc1ccc(Sc2ncnc3sccc23)cc1OC. The molecule has 0 N–H and O–H groups in total. The van der Waals surface area contributed by atoms with Crippen LogP contribution in [-0.4, -0.2) is 24.2 Å². The number of hydrogen-bond acceptors (Lipinski definition) is 6. The lowest BCUT2D eigenvalue weighted by Gasteiger charge is -2.09. The van der Waals surface area contributed by atoms with Crippen LogP contribution in [0, 0.1) is 0 Å². The van der Waals surface area contributed by atoms with Crippen molar-refractivity contribution in [1.29, 1.82) is 0 Å². The highest BCUT2D eigenvalue weighted by Crippen LogP contribution is 2.37. The number of benzene rings is 1. The fraction of sp³-hybridized carbons (Fsp3) is 0.143. The molecule has 0 aliphatic heterocycles. The summed E-state index contributed by atoms with van der Waals surface area (Å²) in [5, 5.41) is 4.05. The minimum Gasteiger partial charge on any atom is -0.493 e. The Bertz CT molecular complexity index is 743. The molecule has 102 valence electrons. The van der Waals surface area contributed by atoms with Crippen LogP contribution in [-0.2, 0) is 0 Å². The summed E-state index contributed by atoms with van der Waals surface area (Å²) in [7, 11) is 3.26. The van der Waals surface area contributed by atoms with E-state index < -0.39 is 0 Å². The monoisotopic (exact) mass is 304 g/mol. The molecule has 0 saturated heterocycles. The molecule has 1 aromatic carbocycles. The van der Waals surface area contributed by atoms with E-state index in [2.05, 4.69) is 9.97 Å². The minimum atomic E-state index is 0.716. The van der Waals surface area contributed by atoms with Gasteiger partial charge in [-0.15, -0.1) is 11.3 Å². The Morgan fingerprint density at radius 2 is 1.90 bits per heavy atom. The van der Waals surface area contributed by atoms with E-state index >= 15 is 0 Å². The van der Waals surface area contributed by atoms with E-state index in [0.717, 1.165) is 25.9 Å². The van der Waals surface area contributed by atoms with Crippen LogP contribution < -0.4 is 9.47 Å². The second kappa shape index (κ2) is 5.68. The number of ether oxygens (including phenoxy) is 2. The highest BCUT2D eigenvalue weighted by Gasteiger charge is 2.09. The molecule has 2 heterocycles. The summed E-state index contributed by atoms with van der Waals surface area (Å²) < 4.78 is 10.6. The van der Waals surface area contributed by atoms with Crippen molar-refractivity contribution in [2.45, 2.75) is 9.92 Å². The summed E-state index contributed by atoms with van der Waals surface area (Å²) in [5.41, 5.74) is 0. The summed E-state index contributed by atoms with van der Waals surface area (Å²) in [6.07, 6.45) is 1.60.